The lowest BCUT2D eigenvalue weighted by Gasteiger charge is -2.02. The van der Waals surface area contributed by atoms with E-state index >= 15 is 0 Å². The molecule has 0 atom stereocenters. The van der Waals surface area contributed by atoms with Gasteiger partial charge in [-0.2, -0.15) is 10.5 Å². The van der Waals surface area contributed by atoms with Gasteiger partial charge in [-0.15, -0.1) is 10.2 Å². The van der Waals surface area contributed by atoms with Crippen molar-refractivity contribution in [3.05, 3.63) is 36.3 Å². The van der Waals surface area contributed by atoms with Gasteiger partial charge >= 0.3 is 0 Å². The number of hydrogen-bond donors (Lipinski definition) is 2. The lowest BCUT2D eigenvalue weighted by Crippen LogP contribution is -1.97. The Labute approximate surface area is 115 Å². The molecule has 2 rings (SSSR count). The summed E-state index contributed by atoms with van der Waals surface area (Å²) in [6.07, 6.45) is 2.56. The fourth-order valence-corrected chi connectivity index (χ4v) is 2.01. The first-order chi connectivity index (χ1) is 9.50. The van der Waals surface area contributed by atoms with Gasteiger partial charge < -0.3 is 5.32 Å². The monoisotopic (exact) mass is 290 g/mol. The molecule has 8 nitrogen and oxygen atoms in total. The largest absolute Gasteiger partial charge is 0.360 e. The number of hydrogen-bond acceptors (Lipinski definition) is 7. The summed E-state index contributed by atoms with van der Waals surface area (Å²) in [5.41, 5.74) is 0.833. The van der Waals surface area contributed by atoms with Crippen molar-refractivity contribution >= 4 is 21.1 Å². The summed E-state index contributed by atoms with van der Waals surface area (Å²) in [7, 11) is -3.22. The van der Waals surface area contributed by atoms with Crippen LogP contribution in [0, 0.1) is 11.3 Å². The number of anilines is 1. The van der Waals surface area contributed by atoms with E-state index in [2.05, 4.69) is 25.9 Å². The van der Waals surface area contributed by atoms with Crippen molar-refractivity contribution in [2.45, 2.75) is 4.90 Å². The molecule has 102 valence electrons. The van der Waals surface area contributed by atoms with Crippen molar-refractivity contribution in [3.8, 4) is 6.07 Å². The molecule has 0 aliphatic carbocycles. The molecule has 20 heavy (non-hydrogen) atoms. The zero-order valence-electron chi connectivity index (χ0n) is 10.4. The van der Waals surface area contributed by atoms with Crippen LogP contribution < -0.4 is 5.32 Å². The van der Waals surface area contributed by atoms with E-state index in [1.54, 1.807) is 12.1 Å². The van der Waals surface area contributed by atoms with Gasteiger partial charge in [0, 0.05) is 18.1 Å². The minimum atomic E-state index is -3.22. The van der Waals surface area contributed by atoms with Crippen LogP contribution in [0.4, 0.5) is 5.69 Å². The van der Waals surface area contributed by atoms with Gasteiger partial charge in [-0.1, -0.05) is 0 Å². The van der Waals surface area contributed by atoms with Crippen LogP contribution >= 0.6 is 0 Å². The van der Waals surface area contributed by atoms with E-state index in [4.69, 9.17) is 5.26 Å². The number of aromatic nitrogens is 4. The summed E-state index contributed by atoms with van der Waals surface area (Å²) >= 11 is 0. The smallest absolute Gasteiger partial charge is 0.216 e. The van der Waals surface area contributed by atoms with E-state index in [0.717, 1.165) is 6.26 Å². The summed E-state index contributed by atoms with van der Waals surface area (Å²) in [6.45, 7) is 0. The number of benzene rings is 1. The standard InChI is InChI=1S/C11H10N6O2S/c1-20(18,19)10-4-2-9(3-5-10)13-7-8(6-12)11-14-16-17-15-11/h2-5,7,13H,1H3,(H,14,15,16,17). The Morgan fingerprint density at radius 1 is 1.40 bits per heavy atom. The van der Waals surface area contributed by atoms with Crippen molar-refractivity contribution in [2.24, 2.45) is 0 Å². The zero-order valence-corrected chi connectivity index (χ0v) is 11.2. The van der Waals surface area contributed by atoms with Crippen molar-refractivity contribution < 1.29 is 8.42 Å². The van der Waals surface area contributed by atoms with Gasteiger partial charge in [0.25, 0.3) is 0 Å². The minimum Gasteiger partial charge on any atom is -0.360 e. The lowest BCUT2D eigenvalue weighted by molar-refractivity contribution is 0.602. The molecule has 1 aromatic heterocycles. The predicted molar refractivity (Wildman–Crippen MR) is 70.9 cm³/mol. The highest BCUT2D eigenvalue weighted by Gasteiger charge is 2.07. The summed E-state index contributed by atoms with van der Waals surface area (Å²) < 4.78 is 22.6. The van der Waals surface area contributed by atoms with E-state index < -0.39 is 9.84 Å². The SMILES string of the molecule is CS(=O)(=O)c1ccc(NC=C(C#N)c2nn[nH]n2)cc1. The Hall–Kier alpha value is -2.73. The topological polar surface area (TPSA) is 124 Å². The van der Waals surface area contributed by atoms with E-state index in [1.807, 2.05) is 6.07 Å². The van der Waals surface area contributed by atoms with Crippen molar-refractivity contribution in [2.75, 3.05) is 11.6 Å². The number of aromatic amines is 1. The van der Waals surface area contributed by atoms with Gasteiger partial charge in [-0.3, -0.25) is 0 Å². The van der Waals surface area contributed by atoms with E-state index in [9.17, 15) is 8.42 Å². The summed E-state index contributed by atoms with van der Waals surface area (Å²) in [5.74, 6) is 0.174. The van der Waals surface area contributed by atoms with E-state index in [0.29, 0.717) is 5.69 Å². The zero-order chi connectivity index (χ0) is 14.6. The highest BCUT2D eigenvalue weighted by molar-refractivity contribution is 7.90. The molecular formula is C11H10N6O2S. The summed E-state index contributed by atoms with van der Waals surface area (Å²) in [5, 5.41) is 24.8. The number of tetrazole rings is 1. The highest BCUT2D eigenvalue weighted by Crippen LogP contribution is 2.15. The van der Waals surface area contributed by atoms with Crippen LogP contribution in [0.15, 0.2) is 35.4 Å². The summed E-state index contributed by atoms with van der Waals surface area (Å²) in [4.78, 5) is 0.228. The molecule has 1 aromatic carbocycles. The average Bonchev–Trinajstić information content (AvgIpc) is 2.93. The second-order valence-electron chi connectivity index (χ2n) is 3.85. The molecule has 9 heteroatoms. The fourth-order valence-electron chi connectivity index (χ4n) is 1.38. The molecule has 0 spiro atoms. The Bertz CT molecular complexity index is 756. The van der Waals surface area contributed by atoms with Gasteiger partial charge in [-0.05, 0) is 29.5 Å². The number of sulfone groups is 1. The van der Waals surface area contributed by atoms with Gasteiger partial charge in [0.2, 0.25) is 5.82 Å². The van der Waals surface area contributed by atoms with Crippen molar-refractivity contribution in [1.82, 2.24) is 20.6 Å². The molecule has 0 fully saturated rings. The number of allylic oxidation sites excluding steroid dienone is 1. The molecule has 0 aliphatic rings. The van der Waals surface area contributed by atoms with Crippen LogP contribution in [0.2, 0.25) is 0 Å². The first-order valence-electron chi connectivity index (χ1n) is 5.41. The maximum atomic E-state index is 11.3. The Kier molecular flexibility index (Phi) is 3.76. The Morgan fingerprint density at radius 2 is 2.10 bits per heavy atom. The predicted octanol–water partition coefficient (Wildman–Crippen LogP) is 0.580. The van der Waals surface area contributed by atoms with Crippen LogP contribution in [-0.2, 0) is 9.84 Å². The summed E-state index contributed by atoms with van der Waals surface area (Å²) in [6, 6.07) is 8.07. The molecule has 0 saturated heterocycles. The average molecular weight is 290 g/mol. The molecular weight excluding hydrogens is 280 g/mol. The molecule has 2 N–H and O–H groups in total. The second kappa shape index (κ2) is 5.50. The Morgan fingerprint density at radius 3 is 2.60 bits per heavy atom. The van der Waals surface area contributed by atoms with Crippen molar-refractivity contribution in [3.63, 3.8) is 0 Å². The van der Waals surface area contributed by atoms with Gasteiger partial charge in [0.1, 0.15) is 11.6 Å². The second-order valence-corrected chi connectivity index (χ2v) is 5.86. The molecule has 0 saturated carbocycles. The van der Waals surface area contributed by atoms with E-state index in [1.165, 1.54) is 18.3 Å². The van der Waals surface area contributed by atoms with Crippen LogP contribution in [0.25, 0.3) is 5.57 Å². The first kappa shape index (κ1) is 13.7. The van der Waals surface area contributed by atoms with Crippen LogP contribution in [-0.4, -0.2) is 35.3 Å². The fraction of sp³-hybridized carbons (Fsp3) is 0.0909. The number of nitrogens with zero attached hydrogens (tertiary/aromatic N) is 4. The number of rotatable bonds is 4. The van der Waals surface area contributed by atoms with Gasteiger partial charge in [-0.25, -0.2) is 8.42 Å². The number of nitriles is 1. The molecule has 0 aliphatic heterocycles. The third-order valence-corrected chi connectivity index (χ3v) is 3.50. The van der Waals surface area contributed by atoms with Crippen LogP contribution in [0.3, 0.4) is 0 Å². The van der Waals surface area contributed by atoms with Crippen LogP contribution in [0.5, 0.6) is 0 Å². The molecule has 0 unspecified atom stereocenters. The quantitative estimate of drug-likeness (QED) is 0.789. The van der Waals surface area contributed by atoms with Crippen molar-refractivity contribution in [1.29, 1.82) is 5.26 Å². The maximum Gasteiger partial charge on any atom is 0.216 e. The maximum absolute atomic E-state index is 11.3. The normalized spacial score (nSPS) is 11.9. The number of nitrogens with one attached hydrogen (secondary N) is 2. The van der Waals surface area contributed by atoms with Crippen LogP contribution in [0.1, 0.15) is 5.82 Å². The third kappa shape index (κ3) is 3.18. The van der Waals surface area contributed by atoms with E-state index in [-0.39, 0.29) is 16.3 Å². The van der Waals surface area contributed by atoms with Gasteiger partial charge in [0.15, 0.2) is 9.84 Å². The number of H-pyrrole nitrogens is 1. The lowest BCUT2D eigenvalue weighted by atomic mass is 10.3. The molecule has 0 amide bonds. The Balaban J connectivity index is 2.17. The van der Waals surface area contributed by atoms with Gasteiger partial charge in [0.05, 0.1) is 4.90 Å². The first-order valence-corrected chi connectivity index (χ1v) is 7.30. The minimum absolute atomic E-state index is 0.174. The molecule has 0 bridgehead atoms. The molecule has 1 heterocycles. The third-order valence-electron chi connectivity index (χ3n) is 2.37. The molecule has 2 aromatic rings. The highest BCUT2D eigenvalue weighted by atomic mass is 32.2. The molecule has 0 radical (unpaired) electrons.